The minimum Gasteiger partial charge on any atom is -0.257 e. The summed E-state index contributed by atoms with van der Waals surface area (Å²) in [5.41, 5.74) is 2.31. The summed E-state index contributed by atoms with van der Waals surface area (Å²) in [5, 5.41) is 0. The molecule has 0 aromatic carbocycles. The Balaban J connectivity index is 5.26. The molecule has 0 atom stereocenters. The number of allylic oxidation sites excluding steroid dienone is 3. The van der Waals surface area contributed by atoms with E-state index in [-0.39, 0.29) is 10.8 Å². The Bertz CT molecular complexity index is 279. The van der Waals surface area contributed by atoms with Crippen molar-refractivity contribution < 1.29 is 0 Å². The van der Waals surface area contributed by atoms with Crippen molar-refractivity contribution in [2.24, 2.45) is 15.8 Å². The zero-order chi connectivity index (χ0) is 12.3. The second kappa shape index (κ2) is 4.78. The first-order valence-corrected chi connectivity index (χ1v) is 5.51. The number of rotatable bonds is 2. The summed E-state index contributed by atoms with van der Waals surface area (Å²) in [7, 11) is 0. The Kier molecular flexibility index (Phi) is 4.51. The van der Waals surface area contributed by atoms with E-state index < -0.39 is 0 Å². The molecule has 0 aliphatic carbocycles. The van der Waals surface area contributed by atoms with Gasteiger partial charge >= 0.3 is 0 Å². The molecule has 0 heterocycles. The van der Waals surface area contributed by atoms with Crippen LogP contribution >= 0.6 is 0 Å². The van der Waals surface area contributed by atoms with Crippen LogP contribution in [0.25, 0.3) is 0 Å². The van der Waals surface area contributed by atoms with Crippen LogP contribution in [0.3, 0.4) is 0 Å². The van der Waals surface area contributed by atoms with Crippen LogP contribution in [-0.4, -0.2) is 5.71 Å². The molecule has 86 valence electrons. The van der Waals surface area contributed by atoms with Crippen LogP contribution in [-0.2, 0) is 0 Å². The van der Waals surface area contributed by atoms with Gasteiger partial charge in [0.05, 0.1) is 0 Å². The fourth-order valence-electron chi connectivity index (χ4n) is 1.31. The summed E-state index contributed by atoms with van der Waals surface area (Å²) in [6.07, 6.45) is 3.93. The highest BCUT2D eigenvalue weighted by Gasteiger charge is 2.20. The van der Waals surface area contributed by atoms with E-state index in [1.165, 1.54) is 0 Å². The second-order valence-corrected chi connectivity index (χ2v) is 5.88. The van der Waals surface area contributed by atoms with Crippen LogP contribution < -0.4 is 0 Å². The Morgan fingerprint density at radius 1 is 1.00 bits per heavy atom. The maximum absolute atomic E-state index is 4.72. The van der Waals surface area contributed by atoms with Crippen molar-refractivity contribution in [3.05, 3.63) is 24.4 Å². The lowest BCUT2D eigenvalue weighted by molar-refractivity contribution is 0.493. The van der Waals surface area contributed by atoms with Gasteiger partial charge in [-0.05, 0) is 13.0 Å². The molecular weight excluding hydrogens is 182 g/mol. The molecule has 15 heavy (non-hydrogen) atoms. The summed E-state index contributed by atoms with van der Waals surface area (Å²) in [6.45, 7) is 18.9. The van der Waals surface area contributed by atoms with Crippen LogP contribution in [0.4, 0.5) is 0 Å². The molecule has 0 saturated heterocycles. The second-order valence-electron chi connectivity index (χ2n) is 5.88. The van der Waals surface area contributed by atoms with Crippen molar-refractivity contribution in [1.82, 2.24) is 0 Å². The highest BCUT2D eigenvalue weighted by atomic mass is 14.8. The molecule has 0 aliphatic heterocycles. The maximum Gasteiger partial charge on any atom is 0.0454 e. The van der Waals surface area contributed by atoms with Crippen molar-refractivity contribution >= 4 is 5.71 Å². The molecule has 0 saturated carbocycles. The van der Waals surface area contributed by atoms with E-state index >= 15 is 0 Å². The molecule has 0 N–H and O–H groups in total. The molecule has 0 radical (unpaired) electrons. The largest absolute Gasteiger partial charge is 0.257 e. The summed E-state index contributed by atoms with van der Waals surface area (Å²) in [4.78, 5) is 4.72. The normalized spacial score (nSPS) is 15.4. The molecule has 0 amide bonds. The van der Waals surface area contributed by atoms with Crippen LogP contribution in [0.1, 0.15) is 48.5 Å². The summed E-state index contributed by atoms with van der Waals surface area (Å²) >= 11 is 0. The first kappa shape index (κ1) is 14.2. The van der Waals surface area contributed by atoms with Crippen molar-refractivity contribution in [3.8, 4) is 0 Å². The minimum absolute atomic E-state index is 0.0568. The van der Waals surface area contributed by atoms with Gasteiger partial charge in [0.1, 0.15) is 0 Å². The Morgan fingerprint density at radius 3 is 1.67 bits per heavy atom. The van der Waals surface area contributed by atoms with Crippen LogP contribution in [0.15, 0.2) is 29.4 Å². The van der Waals surface area contributed by atoms with E-state index in [9.17, 15) is 0 Å². The standard InChI is InChI=1S/C14H25N/c1-9-11(13(3,4)5)15-12(10-2)14(6,7)8/h9-10H,1H2,2-8H3/b12-10-,15-11+. The van der Waals surface area contributed by atoms with Gasteiger partial charge in [-0.3, -0.25) is 4.99 Å². The van der Waals surface area contributed by atoms with Gasteiger partial charge in [0.25, 0.3) is 0 Å². The fourth-order valence-corrected chi connectivity index (χ4v) is 1.31. The lowest BCUT2D eigenvalue weighted by Crippen LogP contribution is -2.20. The molecule has 0 fully saturated rings. The number of hydrogen-bond donors (Lipinski definition) is 0. The lowest BCUT2D eigenvalue weighted by Gasteiger charge is -2.24. The van der Waals surface area contributed by atoms with E-state index in [1.807, 2.05) is 13.0 Å². The van der Waals surface area contributed by atoms with E-state index in [2.05, 4.69) is 54.2 Å². The molecule has 0 aromatic rings. The van der Waals surface area contributed by atoms with Crippen LogP contribution in [0, 0.1) is 10.8 Å². The topological polar surface area (TPSA) is 12.4 Å². The van der Waals surface area contributed by atoms with E-state index in [0.29, 0.717) is 0 Å². The monoisotopic (exact) mass is 207 g/mol. The Labute approximate surface area is 95.0 Å². The zero-order valence-electron chi connectivity index (χ0n) is 11.3. The van der Waals surface area contributed by atoms with Crippen molar-refractivity contribution in [3.63, 3.8) is 0 Å². The van der Waals surface area contributed by atoms with Gasteiger partial charge in [-0.2, -0.15) is 0 Å². The number of aliphatic imine (C=N–C) groups is 1. The Morgan fingerprint density at radius 2 is 1.47 bits per heavy atom. The number of nitrogens with zero attached hydrogens (tertiary/aromatic N) is 1. The predicted octanol–water partition coefficient (Wildman–Crippen LogP) is 4.61. The molecule has 0 aromatic heterocycles. The fraction of sp³-hybridized carbons (Fsp3) is 0.643. The zero-order valence-corrected chi connectivity index (χ0v) is 11.3. The SMILES string of the molecule is C=C/C(=N\C(=C/C)C(C)(C)C)C(C)(C)C. The first-order valence-electron chi connectivity index (χ1n) is 5.51. The van der Waals surface area contributed by atoms with Crippen molar-refractivity contribution in [1.29, 1.82) is 0 Å². The van der Waals surface area contributed by atoms with Gasteiger partial charge < -0.3 is 0 Å². The van der Waals surface area contributed by atoms with Gasteiger partial charge in [0.2, 0.25) is 0 Å². The molecule has 0 bridgehead atoms. The van der Waals surface area contributed by atoms with E-state index in [1.54, 1.807) is 0 Å². The molecule has 0 aliphatic rings. The van der Waals surface area contributed by atoms with Gasteiger partial charge in [-0.25, -0.2) is 0 Å². The van der Waals surface area contributed by atoms with E-state index in [0.717, 1.165) is 11.4 Å². The summed E-state index contributed by atoms with van der Waals surface area (Å²) < 4.78 is 0. The average molecular weight is 207 g/mol. The molecule has 1 nitrogen and oxygen atoms in total. The third-order valence-corrected chi connectivity index (χ3v) is 2.24. The molecule has 1 heteroatoms. The lowest BCUT2D eigenvalue weighted by atomic mass is 9.88. The van der Waals surface area contributed by atoms with Gasteiger partial charge in [-0.15, -0.1) is 0 Å². The van der Waals surface area contributed by atoms with Crippen molar-refractivity contribution in [2.45, 2.75) is 48.5 Å². The quantitative estimate of drug-likeness (QED) is 0.586. The van der Waals surface area contributed by atoms with Crippen molar-refractivity contribution in [2.75, 3.05) is 0 Å². The van der Waals surface area contributed by atoms with Gasteiger partial charge in [-0.1, -0.05) is 54.2 Å². The van der Waals surface area contributed by atoms with Crippen LogP contribution in [0.5, 0.6) is 0 Å². The third kappa shape index (κ3) is 4.46. The smallest absolute Gasteiger partial charge is 0.0454 e. The molecule has 0 rings (SSSR count). The highest BCUT2D eigenvalue weighted by molar-refractivity contribution is 5.99. The third-order valence-electron chi connectivity index (χ3n) is 2.24. The summed E-state index contributed by atoms with van der Waals surface area (Å²) in [6, 6.07) is 0. The first-order chi connectivity index (χ1) is 6.62. The predicted molar refractivity (Wildman–Crippen MR) is 70.3 cm³/mol. The summed E-state index contributed by atoms with van der Waals surface area (Å²) in [5.74, 6) is 0. The minimum atomic E-state index is 0.0568. The Hall–Kier alpha value is -0.850. The van der Waals surface area contributed by atoms with E-state index in [4.69, 9.17) is 4.99 Å². The molecule has 0 unspecified atom stereocenters. The maximum atomic E-state index is 4.72. The molecular formula is C14H25N. The van der Waals surface area contributed by atoms with Gasteiger partial charge in [0.15, 0.2) is 0 Å². The molecule has 0 spiro atoms. The highest BCUT2D eigenvalue weighted by Crippen LogP contribution is 2.28. The number of hydrogen-bond acceptors (Lipinski definition) is 1. The van der Waals surface area contributed by atoms with Gasteiger partial charge in [0, 0.05) is 22.2 Å². The van der Waals surface area contributed by atoms with Crippen LogP contribution in [0.2, 0.25) is 0 Å². The average Bonchev–Trinajstić information content (AvgIpc) is 2.01.